The van der Waals surface area contributed by atoms with Crippen LogP contribution in [0.5, 0.6) is 0 Å². The minimum Gasteiger partial charge on any atom is -0.472 e. The maximum absolute atomic E-state index is 12.3. The van der Waals surface area contributed by atoms with Gasteiger partial charge in [0, 0.05) is 30.9 Å². The van der Waals surface area contributed by atoms with E-state index in [4.69, 9.17) is 4.42 Å². The zero-order valence-electron chi connectivity index (χ0n) is 15.9. The van der Waals surface area contributed by atoms with Gasteiger partial charge in [0.15, 0.2) is 5.13 Å². The summed E-state index contributed by atoms with van der Waals surface area (Å²) in [5.41, 5.74) is 2.68. The topological polar surface area (TPSA) is 87.5 Å². The van der Waals surface area contributed by atoms with Crippen molar-refractivity contribution in [1.82, 2.24) is 15.2 Å². The first-order valence-electron chi connectivity index (χ1n) is 9.52. The van der Waals surface area contributed by atoms with Crippen LogP contribution in [0.25, 0.3) is 0 Å². The molecule has 4 rings (SSSR count). The Morgan fingerprint density at radius 3 is 2.86 bits per heavy atom. The lowest BCUT2D eigenvalue weighted by Crippen LogP contribution is -2.40. The second-order valence-electron chi connectivity index (χ2n) is 6.90. The number of carbonyl (C=O) groups excluding carboxylic acids is 2. The Kier molecular flexibility index (Phi) is 6.02. The summed E-state index contributed by atoms with van der Waals surface area (Å²) in [6.45, 7) is 2.44. The fraction of sp³-hybridized carbons (Fsp3) is 0.286. The molecule has 3 aromatic rings. The van der Waals surface area contributed by atoms with Gasteiger partial charge in [-0.1, -0.05) is 30.3 Å². The minimum absolute atomic E-state index is 0.0300. The number of aromatic nitrogens is 1. The zero-order valence-corrected chi connectivity index (χ0v) is 16.7. The lowest BCUT2D eigenvalue weighted by Gasteiger charge is -2.25. The van der Waals surface area contributed by atoms with Crippen LogP contribution >= 0.6 is 11.3 Å². The van der Waals surface area contributed by atoms with Gasteiger partial charge in [-0.3, -0.25) is 19.8 Å². The van der Waals surface area contributed by atoms with Gasteiger partial charge in [-0.2, -0.15) is 0 Å². The molecule has 0 radical (unpaired) electrons. The zero-order chi connectivity index (χ0) is 20.1. The Hall–Kier alpha value is -2.97. The van der Waals surface area contributed by atoms with Gasteiger partial charge in [0.1, 0.15) is 6.26 Å². The number of hydrogen-bond acceptors (Lipinski definition) is 6. The number of amides is 2. The Morgan fingerprint density at radius 1 is 1.21 bits per heavy atom. The van der Waals surface area contributed by atoms with Crippen molar-refractivity contribution in [3.8, 4) is 0 Å². The summed E-state index contributed by atoms with van der Waals surface area (Å²) in [4.78, 5) is 32.1. The first-order valence-corrected chi connectivity index (χ1v) is 10.3. The quantitative estimate of drug-likeness (QED) is 0.625. The second kappa shape index (κ2) is 9.02. The second-order valence-corrected chi connectivity index (χ2v) is 7.98. The van der Waals surface area contributed by atoms with Crippen LogP contribution in [-0.4, -0.2) is 41.3 Å². The van der Waals surface area contributed by atoms with Gasteiger partial charge >= 0.3 is 0 Å². The molecule has 2 aromatic heterocycles. The van der Waals surface area contributed by atoms with Crippen LogP contribution in [0, 0.1) is 0 Å². The predicted octanol–water partition coefficient (Wildman–Crippen LogP) is 2.71. The summed E-state index contributed by atoms with van der Waals surface area (Å²) < 4.78 is 4.94. The molecule has 0 unspecified atom stereocenters. The van der Waals surface area contributed by atoms with Gasteiger partial charge in [-0.25, -0.2) is 4.98 Å². The van der Waals surface area contributed by atoms with Gasteiger partial charge in [0.05, 0.1) is 24.1 Å². The Balaban J connectivity index is 1.25. The summed E-state index contributed by atoms with van der Waals surface area (Å²) in [5.74, 6) is -0.207. The molecule has 8 heteroatoms. The number of nitrogens with one attached hydrogen (secondary N) is 2. The van der Waals surface area contributed by atoms with Crippen molar-refractivity contribution in [3.05, 3.63) is 70.6 Å². The summed E-state index contributed by atoms with van der Waals surface area (Å²) in [7, 11) is 0. The largest absolute Gasteiger partial charge is 0.472 e. The lowest BCUT2D eigenvalue weighted by atomic mass is 10.1. The van der Waals surface area contributed by atoms with E-state index < -0.39 is 0 Å². The van der Waals surface area contributed by atoms with Crippen LogP contribution in [-0.2, 0) is 24.2 Å². The van der Waals surface area contributed by atoms with E-state index in [0.717, 1.165) is 30.0 Å². The number of furan rings is 1. The maximum atomic E-state index is 12.3. The molecule has 7 nitrogen and oxygen atoms in total. The number of carbonyl (C=O) groups is 2. The number of thiazole rings is 1. The number of fused-ring (bicyclic) bond motifs is 1. The molecule has 0 fully saturated rings. The third-order valence-electron chi connectivity index (χ3n) is 4.76. The molecule has 0 saturated carbocycles. The lowest BCUT2D eigenvalue weighted by molar-refractivity contribution is -0.122. The standard InChI is InChI=1S/C21H22N4O3S/c26-19(22-9-6-15-4-2-1-3-5-15)13-25-10-7-17-18(12-25)29-21(23-17)24-20(27)16-8-11-28-14-16/h1-5,8,11,14H,6-7,9-10,12-13H2,(H,22,26)(H,23,24,27). The van der Waals surface area contributed by atoms with Crippen molar-refractivity contribution in [1.29, 1.82) is 0 Å². The predicted molar refractivity (Wildman–Crippen MR) is 111 cm³/mol. The molecule has 0 spiro atoms. The summed E-state index contributed by atoms with van der Waals surface area (Å²) in [6, 6.07) is 11.7. The monoisotopic (exact) mass is 410 g/mol. The number of hydrogen-bond donors (Lipinski definition) is 2. The van der Waals surface area contributed by atoms with Crippen LogP contribution in [0.15, 0.2) is 53.3 Å². The van der Waals surface area contributed by atoms with E-state index in [2.05, 4.69) is 32.7 Å². The van der Waals surface area contributed by atoms with Crippen molar-refractivity contribution in [2.45, 2.75) is 19.4 Å². The average molecular weight is 410 g/mol. The third kappa shape index (κ3) is 5.10. The third-order valence-corrected chi connectivity index (χ3v) is 5.76. The number of nitrogens with zero attached hydrogens (tertiary/aromatic N) is 2. The van der Waals surface area contributed by atoms with E-state index in [9.17, 15) is 9.59 Å². The fourth-order valence-corrected chi connectivity index (χ4v) is 4.30. The molecule has 1 aliphatic rings. The fourth-order valence-electron chi connectivity index (χ4n) is 3.25. The van der Waals surface area contributed by atoms with Gasteiger partial charge in [-0.15, -0.1) is 11.3 Å². The minimum atomic E-state index is -0.237. The van der Waals surface area contributed by atoms with E-state index in [1.165, 1.54) is 29.4 Å². The van der Waals surface area contributed by atoms with Gasteiger partial charge in [-0.05, 0) is 18.1 Å². The Labute approximate surface area is 172 Å². The van der Waals surface area contributed by atoms with E-state index in [0.29, 0.717) is 30.3 Å². The molecule has 2 amide bonds. The molecular formula is C21H22N4O3S. The molecule has 0 aliphatic carbocycles. The van der Waals surface area contributed by atoms with E-state index in [1.54, 1.807) is 6.07 Å². The number of rotatable bonds is 7. The highest BCUT2D eigenvalue weighted by molar-refractivity contribution is 7.15. The summed E-state index contributed by atoms with van der Waals surface area (Å²) >= 11 is 1.46. The van der Waals surface area contributed by atoms with Crippen LogP contribution in [0.3, 0.4) is 0 Å². The molecule has 0 bridgehead atoms. The van der Waals surface area contributed by atoms with Crippen LogP contribution < -0.4 is 10.6 Å². The highest BCUT2D eigenvalue weighted by Crippen LogP contribution is 2.28. The van der Waals surface area contributed by atoms with E-state index >= 15 is 0 Å². The molecule has 0 saturated heterocycles. The molecule has 150 valence electrons. The van der Waals surface area contributed by atoms with Crippen LogP contribution in [0.2, 0.25) is 0 Å². The average Bonchev–Trinajstić information content (AvgIpc) is 3.38. The molecular weight excluding hydrogens is 388 g/mol. The normalized spacial score (nSPS) is 13.7. The van der Waals surface area contributed by atoms with E-state index in [1.807, 2.05) is 18.2 Å². The first kappa shape index (κ1) is 19.4. The molecule has 1 aliphatic heterocycles. The van der Waals surface area contributed by atoms with Crippen molar-refractivity contribution >= 4 is 28.3 Å². The smallest absolute Gasteiger partial charge is 0.260 e. The summed E-state index contributed by atoms with van der Waals surface area (Å²) in [6.07, 6.45) is 4.46. The highest BCUT2D eigenvalue weighted by Gasteiger charge is 2.23. The van der Waals surface area contributed by atoms with E-state index in [-0.39, 0.29) is 11.8 Å². The SMILES string of the molecule is O=C(CN1CCc2nc(NC(=O)c3ccoc3)sc2C1)NCCc1ccccc1. The van der Waals surface area contributed by atoms with Crippen molar-refractivity contribution in [2.24, 2.45) is 0 Å². The molecule has 3 heterocycles. The first-order chi connectivity index (χ1) is 14.2. The van der Waals surface area contributed by atoms with Crippen LogP contribution in [0.1, 0.15) is 26.5 Å². The molecule has 2 N–H and O–H groups in total. The maximum Gasteiger partial charge on any atom is 0.260 e. The van der Waals surface area contributed by atoms with Gasteiger partial charge in [0.25, 0.3) is 5.91 Å². The van der Waals surface area contributed by atoms with Gasteiger partial charge in [0.2, 0.25) is 5.91 Å². The Bertz CT molecular complexity index is 969. The molecule has 1 aromatic carbocycles. The summed E-state index contributed by atoms with van der Waals surface area (Å²) in [5, 5.41) is 6.38. The van der Waals surface area contributed by atoms with Crippen molar-refractivity contribution < 1.29 is 14.0 Å². The van der Waals surface area contributed by atoms with Crippen molar-refractivity contribution in [2.75, 3.05) is 25.0 Å². The van der Waals surface area contributed by atoms with Gasteiger partial charge < -0.3 is 9.73 Å². The number of benzene rings is 1. The number of anilines is 1. The van der Waals surface area contributed by atoms with Crippen molar-refractivity contribution in [3.63, 3.8) is 0 Å². The molecule has 0 atom stereocenters. The highest BCUT2D eigenvalue weighted by atomic mass is 32.1. The Morgan fingerprint density at radius 2 is 2.07 bits per heavy atom. The van der Waals surface area contributed by atoms with Crippen LogP contribution in [0.4, 0.5) is 5.13 Å². The molecule has 29 heavy (non-hydrogen) atoms.